The molecule has 1 aliphatic rings. The van der Waals surface area contributed by atoms with Crippen LogP contribution in [0.15, 0.2) is 61.2 Å². The highest BCUT2D eigenvalue weighted by Gasteiger charge is 2.25. The van der Waals surface area contributed by atoms with Crippen LogP contribution in [-0.4, -0.2) is 30.5 Å². The highest BCUT2D eigenvalue weighted by Crippen LogP contribution is 2.23. The first-order chi connectivity index (χ1) is 13.2. The molecule has 27 heavy (non-hydrogen) atoms. The number of carbonyl (C=O) groups excluding carboxylic acids is 1. The molecule has 3 rings (SSSR count). The fourth-order valence-corrected chi connectivity index (χ4v) is 3.28. The number of piperidine rings is 1. The average molecular weight is 368 g/mol. The van der Waals surface area contributed by atoms with Crippen molar-refractivity contribution in [3.05, 3.63) is 72.6 Å². The van der Waals surface area contributed by atoms with Gasteiger partial charge in [0.25, 0.3) is 0 Å². The number of hydrogen-bond acceptors (Lipinski definition) is 3. The Bertz CT molecular complexity index is 785. The van der Waals surface area contributed by atoms with Gasteiger partial charge in [0.2, 0.25) is 5.91 Å². The maximum absolute atomic E-state index is 13.8. The minimum absolute atomic E-state index is 0.0281. The lowest BCUT2D eigenvalue weighted by Gasteiger charge is -2.31. The van der Waals surface area contributed by atoms with Crippen LogP contribution in [0.1, 0.15) is 18.4 Å². The van der Waals surface area contributed by atoms with Gasteiger partial charge in [-0.25, -0.2) is 4.39 Å². The summed E-state index contributed by atoms with van der Waals surface area (Å²) in [6, 6.07) is 14.2. The second-order valence-corrected chi connectivity index (χ2v) is 6.76. The first-order valence-electron chi connectivity index (χ1n) is 9.26. The zero-order valence-electron chi connectivity index (χ0n) is 15.4. The SMILES string of the molecule is C=CCOc1cccc(NC(=O)C2CCN(Cc3ccccc3F)CC2)c1. The van der Waals surface area contributed by atoms with E-state index < -0.39 is 0 Å². The van der Waals surface area contributed by atoms with Crippen molar-refractivity contribution in [2.24, 2.45) is 5.92 Å². The van der Waals surface area contributed by atoms with Crippen LogP contribution >= 0.6 is 0 Å². The normalized spacial score (nSPS) is 15.3. The number of hydrogen-bond donors (Lipinski definition) is 1. The number of ether oxygens (including phenoxy) is 1. The van der Waals surface area contributed by atoms with Crippen LogP contribution in [0.25, 0.3) is 0 Å². The van der Waals surface area contributed by atoms with Gasteiger partial charge in [-0.1, -0.05) is 36.9 Å². The number of rotatable bonds is 7. The molecule has 5 heteroatoms. The lowest BCUT2D eigenvalue weighted by molar-refractivity contribution is -0.121. The van der Waals surface area contributed by atoms with Crippen molar-refractivity contribution in [3.63, 3.8) is 0 Å². The Labute approximate surface area is 159 Å². The first-order valence-corrected chi connectivity index (χ1v) is 9.26. The van der Waals surface area contributed by atoms with Crippen LogP contribution in [0.5, 0.6) is 5.75 Å². The van der Waals surface area contributed by atoms with Gasteiger partial charge in [-0.05, 0) is 44.1 Å². The molecule has 142 valence electrons. The molecule has 1 fully saturated rings. The van der Waals surface area contributed by atoms with Gasteiger partial charge in [0.15, 0.2) is 0 Å². The molecule has 1 amide bonds. The standard InChI is InChI=1S/C22H25FN2O2/c1-2-14-27-20-8-5-7-19(15-20)24-22(26)17-10-12-25(13-11-17)16-18-6-3-4-9-21(18)23/h2-9,15,17H,1,10-14,16H2,(H,24,26). The van der Waals surface area contributed by atoms with Gasteiger partial charge in [0, 0.05) is 29.8 Å². The Morgan fingerprint density at radius 3 is 2.74 bits per heavy atom. The minimum atomic E-state index is -0.170. The summed E-state index contributed by atoms with van der Waals surface area (Å²) in [4.78, 5) is 14.8. The monoisotopic (exact) mass is 368 g/mol. The fourth-order valence-electron chi connectivity index (χ4n) is 3.28. The second-order valence-electron chi connectivity index (χ2n) is 6.76. The Morgan fingerprint density at radius 1 is 1.22 bits per heavy atom. The van der Waals surface area contributed by atoms with Crippen molar-refractivity contribution < 1.29 is 13.9 Å². The Balaban J connectivity index is 1.50. The summed E-state index contributed by atoms with van der Waals surface area (Å²) in [5.74, 6) is 0.532. The molecule has 4 nitrogen and oxygen atoms in total. The Kier molecular flexibility index (Phi) is 6.60. The van der Waals surface area contributed by atoms with Crippen LogP contribution < -0.4 is 10.1 Å². The Hall–Kier alpha value is -2.66. The zero-order chi connectivity index (χ0) is 19.1. The topological polar surface area (TPSA) is 41.6 Å². The van der Waals surface area contributed by atoms with Crippen LogP contribution in [0.4, 0.5) is 10.1 Å². The molecule has 0 aromatic heterocycles. The molecule has 0 atom stereocenters. The number of carbonyl (C=O) groups is 1. The molecule has 0 bridgehead atoms. The third-order valence-corrected chi connectivity index (χ3v) is 4.78. The third kappa shape index (κ3) is 5.41. The van der Waals surface area contributed by atoms with E-state index >= 15 is 0 Å². The van der Waals surface area contributed by atoms with Gasteiger partial charge < -0.3 is 10.1 Å². The van der Waals surface area contributed by atoms with Gasteiger partial charge >= 0.3 is 0 Å². The van der Waals surface area contributed by atoms with Crippen molar-refractivity contribution in [2.45, 2.75) is 19.4 Å². The zero-order valence-corrected chi connectivity index (χ0v) is 15.4. The average Bonchev–Trinajstić information content (AvgIpc) is 2.69. The molecule has 1 heterocycles. The smallest absolute Gasteiger partial charge is 0.227 e. The highest BCUT2D eigenvalue weighted by molar-refractivity contribution is 5.92. The van der Waals surface area contributed by atoms with Crippen molar-refractivity contribution in [1.82, 2.24) is 4.90 Å². The summed E-state index contributed by atoms with van der Waals surface area (Å²) < 4.78 is 19.3. The van der Waals surface area contributed by atoms with Crippen molar-refractivity contribution in [3.8, 4) is 5.75 Å². The number of anilines is 1. The molecule has 0 radical (unpaired) electrons. The van der Waals surface area contributed by atoms with Crippen LogP contribution in [-0.2, 0) is 11.3 Å². The van der Waals surface area contributed by atoms with Gasteiger partial charge in [-0.2, -0.15) is 0 Å². The van der Waals surface area contributed by atoms with E-state index in [-0.39, 0.29) is 17.6 Å². The van der Waals surface area contributed by atoms with Gasteiger partial charge in [-0.15, -0.1) is 0 Å². The Morgan fingerprint density at radius 2 is 2.00 bits per heavy atom. The minimum Gasteiger partial charge on any atom is -0.489 e. The number of likely N-dealkylation sites (tertiary alicyclic amines) is 1. The number of amides is 1. The predicted molar refractivity (Wildman–Crippen MR) is 105 cm³/mol. The van der Waals surface area contributed by atoms with Crippen molar-refractivity contribution >= 4 is 11.6 Å². The molecule has 1 N–H and O–H groups in total. The van der Waals surface area contributed by atoms with Crippen molar-refractivity contribution in [2.75, 3.05) is 25.0 Å². The molecular weight excluding hydrogens is 343 g/mol. The van der Waals surface area contributed by atoms with Gasteiger partial charge in [0.1, 0.15) is 18.2 Å². The molecule has 0 saturated carbocycles. The predicted octanol–water partition coefficient (Wildman–Crippen LogP) is 4.24. The quantitative estimate of drug-likeness (QED) is 0.743. The van der Waals surface area contributed by atoms with E-state index in [1.807, 2.05) is 36.4 Å². The van der Waals surface area contributed by atoms with E-state index in [4.69, 9.17) is 4.74 Å². The van der Waals surface area contributed by atoms with E-state index in [2.05, 4.69) is 16.8 Å². The van der Waals surface area contributed by atoms with E-state index in [1.165, 1.54) is 6.07 Å². The maximum atomic E-state index is 13.8. The summed E-state index contributed by atoms with van der Waals surface area (Å²) in [5, 5.41) is 2.98. The number of benzene rings is 2. The molecule has 0 spiro atoms. The summed E-state index contributed by atoms with van der Waals surface area (Å²) in [5.41, 5.74) is 1.44. The molecule has 1 saturated heterocycles. The number of nitrogens with one attached hydrogen (secondary N) is 1. The van der Waals surface area contributed by atoms with Gasteiger partial charge in [-0.3, -0.25) is 9.69 Å². The fraction of sp³-hybridized carbons (Fsp3) is 0.318. The molecule has 0 unspecified atom stereocenters. The van der Waals surface area contributed by atoms with Crippen molar-refractivity contribution in [1.29, 1.82) is 0 Å². The van der Waals surface area contributed by atoms with E-state index in [9.17, 15) is 9.18 Å². The summed E-state index contributed by atoms with van der Waals surface area (Å²) in [6.45, 7) is 6.21. The molecular formula is C22H25FN2O2. The van der Waals surface area contributed by atoms with Crippen LogP contribution in [0.2, 0.25) is 0 Å². The summed E-state index contributed by atoms with van der Waals surface area (Å²) >= 11 is 0. The highest BCUT2D eigenvalue weighted by atomic mass is 19.1. The lowest BCUT2D eigenvalue weighted by atomic mass is 9.95. The van der Waals surface area contributed by atoms with Crippen LogP contribution in [0, 0.1) is 11.7 Å². The lowest BCUT2D eigenvalue weighted by Crippen LogP contribution is -2.37. The largest absolute Gasteiger partial charge is 0.489 e. The van der Waals surface area contributed by atoms with E-state index in [0.29, 0.717) is 24.5 Å². The first kappa shape index (κ1) is 19.1. The second kappa shape index (κ2) is 9.33. The van der Waals surface area contributed by atoms with E-state index in [1.54, 1.807) is 12.1 Å². The summed E-state index contributed by atoms with van der Waals surface area (Å²) in [7, 11) is 0. The maximum Gasteiger partial charge on any atom is 0.227 e. The summed E-state index contributed by atoms with van der Waals surface area (Å²) in [6.07, 6.45) is 3.22. The van der Waals surface area contributed by atoms with E-state index in [0.717, 1.165) is 31.6 Å². The molecule has 1 aliphatic heterocycles. The molecule has 2 aromatic rings. The number of halogens is 1. The third-order valence-electron chi connectivity index (χ3n) is 4.78. The molecule has 0 aliphatic carbocycles. The van der Waals surface area contributed by atoms with Crippen LogP contribution in [0.3, 0.4) is 0 Å². The van der Waals surface area contributed by atoms with Gasteiger partial charge in [0.05, 0.1) is 0 Å². The number of nitrogens with zero attached hydrogens (tertiary/aromatic N) is 1. The molecule has 2 aromatic carbocycles.